The number of nitrogens with zero attached hydrogens (tertiary/aromatic N) is 1. The SMILES string of the molecule is C/C(=N/NC(=S)NC[C@@H]1CCCO1)c1ccc(Cl)c(Cl)c1Cl. The Bertz CT molecular complexity index is 589. The van der Waals surface area contributed by atoms with E-state index in [1.807, 2.05) is 0 Å². The zero-order valence-electron chi connectivity index (χ0n) is 12.0. The fraction of sp³-hybridized carbons (Fsp3) is 0.429. The summed E-state index contributed by atoms with van der Waals surface area (Å²) in [4.78, 5) is 0. The second kappa shape index (κ2) is 8.31. The summed E-state index contributed by atoms with van der Waals surface area (Å²) in [5.41, 5.74) is 4.14. The molecule has 1 aliphatic heterocycles. The molecule has 1 atom stereocenters. The smallest absolute Gasteiger partial charge is 0.187 e. The van der Waals surface area contributed by atoms with Crippen LogP contribution in [0.5, 0.6) is 0 Å². The van der Waals surface area contributed by atoms with Crippen molar-refractivity contribution in [2.45, 2.75) is 25.9 Å². The van der Waals surface area contributed by atoms with Gasteiger partial charge >= 0.3 is 0 Å². The van der Waals surface area contributed by atoms with Gasteiger partial charge in [-0.2, -0.15) is 5.10 Å². The maximum Gasteiger partial charge on any atom is 0.187 e. The summed E-state index contributed by atoms with van der Waals surface area (Å²) in [6.45, 7) is 3.30. The van der Waals surface area contributed by atoms with Crippen molar-refractivity contribution in [3.8, 4) is 0 Å². The summed E-state index contributed by atoms with van der Waals surface area (Å²) in [7, 11) is 0. The van der Waals surface area contributed by atoms with Crippen LogP contribution >= 0.6 is 47.0 Å². The van der Waals surface area contributed by atoms with E-state index >= 15 is 0 Å². The number of hydrogen-bond acceptors (Lipinski definition) is 3. The maximum atomic E-state index is 6.17. The summed E-state index contributed by atoms with van der Waals surface area (Å²) >= 11 is 23.3. The molecule has 1 saturated heterocycles. The Balaban J connectivity index is 1.91. The Labute approximate surface area is 150 Å². The molecule has 2 N–H and O–H groups in total. The van der Waals surface area contributed by atoms with Crippen LogP contribution in [0.4, 0.5) is 0 Å². The predicted molar refractivity (Wildman–Crippen MR) is 96.4 cm³/mol. The van der Waals surface area contributed by atoms with Crippen molar-refractivity contribution in [2.75, 3.05) is 13.2 Å². The van der Waals surface area contributed by atoms with Gasteiger partial charge < -0.3 is 10.1 Å². The topological polar surface area (TPSA) is 45.7 Å². The molecule has 0 saturated carbocycles. The summed E-state index contributed by atoms with van der Waals surface area (Å²) in [5, 5.41) is 8.81. The molecule has 0 aliphatic carbocycles. The Morgan fingerprint density at radius 2 is 2.14 bits per heavy atom. The number of nitrogens with one attached hydrogen (secondary N) is 2. The third-order valence-electron chi connectivity index (χ3n) is 3.26. The highest BCUT2D eigenvalue weighted by atomic mass is 35.5. The van der Waals surface area contributed by atoms with Gasteiger partial charge in [0.1, 0.15) is 0 Å². The third kappa shape index (κ3) is 4.70. The Morgan fingerprint density at radius 3 is 2.82 bits per heavy atom. The molecule has 0 bridgehead atoms. The minimum Gasteiger partial charge on any atom is -0.376 e. The van der Waals surface area contributed by atoms with Gasteiger partial charge in [0.05, 0.1) is 26.9 Å². The predicted octanol–water partition coefficient (Wildman–Crippen LogP) is 4.01. The average Bonchev–Trinajstić information content (AvgIpc) is 3.02. The van der Waals surface area contributed by atoms with E-state index in [0.717, 1.165) is 19.4 Å². The number of halogens is 3. The van der Waals surface area contributed by atoms with Crippen molar-refractivity contribution in [3.63, 3.8) is 0 Å². The molecule has 2 rings (SSSR count). The lowest BCUT2D eigenvalue weighted by Gasteiger charge is -2.12. The van der Waals surface area contributed by atoms with E-state index in [4.69, 9.17) is 51.8 Å². The first-order valence-corrected chi connectivity index (χ1v) is 8.37. The van der Waals surface area contributed by atoms with Gasteiger partial charge in [0, 0.05) is 18.7 Å². The molecule has 0 radical (unpaired) electrons. The molecular formula is C14H16Cl3N3OS. The molecule has 22 heavy (non-hydrogen) atoms. The van der Waals surface area contributed by atoms with E-state index in [1.54, 1.807) is 19.1 Å². The second-order valence-electron chi connectivity index (χ2n) is 4.88. The van der Waals surface area contributed by atoms with Crippen LogP contribution in [0, 0.1) is 0 Å². The zero-order valence-corrected chi connectivity index (χ0v) is 15.0. The van der Waals surface area contributed by atoms with Crippen molar-refractivity contribution in [2.24, 2.45) is 5.10 Å². The molecule has 1 heterocycles. The van der Waals surface area contributed by atoms with E-state index in [9.17, 15) is 0 Å². The van der Waals surface area contributed by atoms with Gasteiger partial charge in [-0.15, -0.1) is 0 Å². The average molecular weight is 381 g/mol. The highest BCUT2D eigenvalue weighted by Gasteiger charge is 2.15. The summed E-state index contributed by atoms with van der Waals surface area (Å²) < 4.78 is 5.51. The van der Waals surface area contributed by atoms with E-state index < -0.39 is 0 Å². The molecule has 0 amide bonds. The van der Waals surface area contributed by atoms with E-state index in [-0.39, 0.29) is 6.10 Å². The van der Waals surface area contributed by atoms with Crippen LogP contribution in [0.15, 0.2) is 17.2 Å². The Hall–Kier alpha value is -0.590. The van der Waals surface area contributed by atoms with Gasteiger partial charge in [-0.25, -0.2) is 0 Å². The summed E-state index contributed by atoms with van der Waals surface area (Å²) in [5.74, 6) is 0. The highest BCUT2D eigenvalue weighted by molar-refractivity contribution is 7.80. The van der Waals surface area contributed by atoms with Gasteiger partial charge in [0.15, 0.2) is 5.11 Å². The molecule has 0 spiro atoms. The van der Waals surface area contributed by atoms with Gasteiger partial charge in [-0.3, -0.25) is 5.43 Å². The molecule has 1 aliphatic rings. The summed E-state index contributed by atoms with van der Waals surface area (Å²) in [6, 6.07) is 3.44. The van der Waals surface area contributed by atoms with Gasteiger partial charge in [-0.1, -0.05) is 40.9 Å². The third-order valence-corrected chi connectivity index (χ3v) is 4.79. The minimum atomic E-state index is 0.217. The van der Waals surface area contributed by atoms with Gasteiger partial charge in [0.2, 0.25) is 0 Å². The zero-order chi connectivity index (χ0) is 16.1. The largest absolute Gasteiger partial charge is 0.376 e. The fourth-order valence-corrected chi connectivity index (χ4v) is 2.85. The normalized spacial score (nSPS) is 18.4. The number of ether oxygens (including phenoxy) is 1. The first-order valence-electron chi connectivity index (χ1n) is 6.82. The van der Waals surface area contributed by atoms with Gasteiger partial charge in [-0.05, 0) is 38.0 Å². The second-order valence-corrected chi connectivity index (χ2v) is 6.45. The number of thiocarbonyl (C=S) groups is 1. The van der Waals surface area contributed by atoms with Crippen LogP contribution in [-0.2, 0) is 4.74 Å². The lowest BCUT2D eigenvalue weighted by atomic mass is 10.1. The minimum absolute atomic E-state index is 0.217. The molecule has 4 nitrogen and oxygen atoms in total. The Kier molecular flexibility index (Phi) is 6.71. The first-order chi connectivity index (χ1) is 10.5. The Morgan fingerprint density at radius 1 is 1.36 bits per heavy atom. The molecular weight excluding hydrogens is 365 g/mol. The molecule has 0 unspecified atom stereocenters. The number of rotatable bonds is 4. The molecule has 120 valence electrons. The molecule has 1 aromatic rings. The number of benzene rings is 1. The van der Waals surface area contributed by atoms with Crippen LogP contribution in [0.3, 0.4) is 0 Å². The summed E-state index contributed by atoms with van der Waals surface area (Å²) in [6.07, 6.45) is 2.37. The van der Waals surface area contributed by atoms with Crippen molar-refractivity contribution >= 4 is 57.8 Å². The molecule has 1 aromatic carbocycles. The molecule has 0 aromatic heterocycles. The number of hydrazone groups is 1. The quantitative estimate of drug-likeness (QED) is 0.358. The standard InChI is InChI=1S/C14H16Cl3N3OS/c1-8(10-4-5-11(15)13(17)12(10)16)19-20-14(22)18-7-9-3-2-6-21-9/h4-5,9H,2-3,6-7H2,1H3,(H2,18,20,22)/b19-8-/t9-/m0/s1. The first kappa shape index (κ1) is 17.8. The van der Waals surface area contributed by atoms with Crippen molar-refractivity contribution in [3.05, 3.63) is 32.8 Å². The van der Waals surface area contributed by atoms with Crippen LogP contribution in [0.2, 0.25) is 15.1 Å². The maximum absolute atomic E-state index is 6.17. The van der Waals surface area contributed by atoms with Gasteiger partial charge in [0.25, 0.3) is 0 Å². The highest BCUT2D eigenvalue weighted by Crippen LogP contribution is 2.32. The number of hydrogen-bond donors (Lipinski definition) is 2. The fourth-order valence-electron chi connectivity index (χ4n) is 2.05. The van der Waals surface area contributed by atoms with Crippen molar-refractivity contribution in [1.29, 1.82) is 0 Å². The van der Waals surface area contributed by atoms with Crippen LogP contribution in [0.1, 0.15) is 25.3 Å². The van der Waals surface area contributed by atoms with Crippen molar-refractivity contribution in [1.82, 2.24) is 10.7 Å². The molecule has 1 fully saturated rings. The monoisotopic (exact) mass is 379 g/mol. The van der Waals surface area contributed by atoms with Crippen LogP contribution in [-0.4, -0.2) is 30.1 Å². The van der Waals surface area contributed by atoms with E-state index in [2.05, 4.69) is 15.8 Å². The van der Waals surface area contributed by atoms with Crippen molar-refractivity contribution < 1.29 is 4.74 Å². The van der Waals surface area contributed by atoms with Crippen LogP contribution in [0.25, 0.3) is 0 Å². The molecule has 8 heteroatoms. The lowest BCUT2D eigenvalue weighted by Crippen LogP contribution is -2.37. The van der Waals surface area contributed by atoms with E-state index in [0.29, 0.717) is 38.0 Å². The van der Waals surface area contributed by atoms with E-state index in [1.165, 1.54) is 0 Å². The lowest BCUT2D eigenvalue weighted by molar-refractivity contribution is 0.114. The van der Waals surface area contributed by atoms with Crippen LogP contribution < -0.4 is 10.7 Å².